The summed E-state index contributed by atoms with van der Waals surface area (Å²) in [4.78, 5) is 0. The largest absolute Gasteiger partial charge is 0.109 e. The molecule has 0 aliphatic rings. The molecule has 0 aliphatic heterocycles. The molecular weight excluding hydrogens is 179 g/mol. The first-order chi connectivity index (χ1) is 7.12. The van der Waals surface area contributed by atoms with Gasteiger partial charge in [0, 0.05) is 0 Å². The maximum absolute atomic E-state index is 2.45. The van der Waals surface area contributed by atoms with Crippen molar-refractivity contribution in [3.05, 3.63) is 0 Å². The molecule has 0 aromatic rings. The van der Waals surface area contributed by atoms with Crippen LogP contribution in [-0.4, -0.2) is 7.85 Å². The summed E-state index contributed by atoms with van der Waals surface area (Å²) < 4.78 is 0. The Labute approximate surface area is 98.6 Å². The van der Waals surface area contributed by atoms with E-state index in [9.17, 15) is 0 Å². The Kier molecular flexibility index (Phi) is 9.34. The van der Waals surface area contributed by atoms with Crippen molar-refractivity contribution < 1.29 is 0 Å². The van der Waals surface area contributed by atoms with Gasteiger partial charge in [-0.2, -0.15) is 0 Å². The predicted octanol–water partition coefficient (Wildman–Crippen LogP) is 4.74. The van der Waals surface area contributed by atoms with E-state index >= 15 is 0 Å². The Morgan fingerprint density at radius 2 is 1.13 bits per heavy atom. The van der Waals surface area contributed by atoms with Crippen LogP contribution in [0.4, 0.5) is 0 Å². The fraction of sp³-hybridized carbons (Fsp3) is 1.00. The van der Waals surface area contributed by atoms with E-state index < -0.39 is 0 Å². The van der Waals surface area contributed by atoms with Gasteiger partial charge in [0.25, 0.3) is 0 Å². The summed E-state index contributed by atoms with van der Waals surface area (Å²) in [6.07, 6.45) is 14.2. The molecule has 0 heterocycles. The molecular formula is C14H31B. The molecule has 0 aliphatic carbocycles. The van der Waals surface area contributed by atoms with Gasteiger partial charge in [0.15, 0.2) is 0 Å². The monoisotopic (exact) mass is 210 g/mol. The minimum atomic E-state index is 0.599. The highest BCUT2D eigenvalue weighted by atomic mass is 14.2. The first-order valence-corrected chi connectivity index (χ1v) is 7.12. The molecule has 0 atom stereocenters. The van der Waals surface area contributed by atoms with E-state index in [1.54, 1.807) is 0 Å². The first kappa shape index (κ1) is 15.1. The van der Waals surface area contributed by atoms with E-state index in [4.69, 9.17) is 0 Å². The van der Waals surface area contributed by atoms with Crippen molar-refractivity contribution >= 4 is 7.85 Å². The van der Waals surface area contributed by atoms with E-state index in [-0.39, 0.29) is 0 Å². The molecule has 0 saturated carbocycles. The second-order valence-electron chi connectivity index (χ2n) is 5.79. The maximum atomic E-state index is 2.45. The van der Waals surface area contributed by atoms with Gasteiger partial charge in [-0.1, -0.05) is 90.3 Å². The molecule has 1 heteroatoms. The van der Waals surface area contributed by atoms with Crippen LogP contribution in [0.25, 0.3) is 0 Å². The predicted molar refractivity (Wildman–Crippen MR) is 74.4 cm³/mol. The molecule has 0 bridgehead atoms. The number of rotatable bonds is 10. The van der Waals surface area contributed by atoms with Crippen LogP contribution >= 0.6 is 0 Å². The lowest BCUT2D eigenvalue weighted by molar-refractivity contribution is 0.455. The molecule has 0 aromatic carbocycles. The van der Waals surface area contributed by atoms with Crippen LogP contribution in [0.3, 0.4) is 0 Å². The molecule has 15 heavy (non-hydrogen) atoms. The molecule has 0 amide bonds. The lowest BCUT2D eigenvalue weighted by atomic mass is 9.64. The summed E-state index contributed by atoms with van der Waals surface area (Å²) in [5, 5.41) is 0.599. The van der Waals surface area contributed by atoms with E-state index in [0.29, 0.717) is 5.31 Å². The average molecular weight is 210 g/mol. The standard InChI is InChI=1S/C14H31B/c1-4-6-8-10-12-14(3,15)13-11-9-7-5-2/h4-13,15H2,1-3H3. The lowest BCUT2D eigenvalue weighted by Crippen LogP contribution is -2.08. The highest BCUT2D eigenvalue weighted by Gasteiger charge is 2.16. The summed E-state index contributed by atoms with van der Waals surface area (Å²) in [5.41, 5.74) is 0. The molecule has 0 N–H and O–H groups in total. The second-order valence-corrected chi connectivity index (χ2v) is 5.79. The minimum Gasteiger partial charge on any atom is -0.0669 e. The number of hydrogen-bond donors (Lipinski definition) is 0. The maximum Gasteiger partial charge on any atom is 0.109 e. The van der Waals surface area contributed by atoms with Crippen molar-refractivity contribution in [2.75, 3.05) is 0 Å². The number of hydrogen-bond acceptors (Lipinski definition) is 0. The van der Waals surface area contributed by atoms with Crippen molar-refractivity contribution in [3.63, 3.8) is 0 Å². The van der Waals surface area contributed by atoms with Crippen molar-refractivity contribution in [2.45, 2.75) is 90.3 Å². The average Bonchev–Trinajstić information content (AvgIpc) is 2.20. The molecule has 90 valence electrons. The Balaban J connectivity index is 3.40. The Morgan fingerprint density at radius 3 is 1.47 bits per heavy atom. The Hall–Kier alpha value is 0.0649. The highest BCUT2D eigenvalue weighted by Crippen LogP contribution is 2.34. The van der Waals surface area contributed by atoms with E-state index in [1.807, 2.05) is 0 Å². The Morgan fingerprint density at radius 1 is 0.733 bits per heavy atom. The molecule has 0 nitrogen and oxygen atoms in total. The quantitative estimate of drug-likeness (QED) is 0.361. The first-order valence-electron chi connectivity index (χ1n) is 7.12. The van der Waals surface area contributed by atoms with Crippen molar-refractivity contribution in [3.8, 4) is 0 Å². The van der Waals surface area contributed by atoms with Crippen LogP contribution in [0.15, 0.2) is 0 Å². The summed E-state index contributed by atoms with van der Waals surface area (Å²) in [6.45, 7) is 7.02. The molecule has 0 unspecified atom stereocenters. The fourth-order valence-electron chi connectivity index (χ4n) is 2.19. The summed E-state index contributed by atoms with van der Waals surface area (Å²) >= 11 is 0. The Bertz CT molecular complexity index is 115. The van der Waals surface area contributed by atoms with Crippen LogP contribution < -0.4 is 0 Å². The van der Waals surface area contributed by atoms with Crippen LogP contribution in [0.1, 0.15) is 85.0 Å². The SMILES string of the molecule is BC(C)(CCCCCC)CCCCCC. The third-order valence-corrected chi connectivity index (χ3v) is 3.41. The van der Waals surface area contributed by atoms with Crippen molar-refractivity contribution in [2.24, 2.45) is 0 Å². The van der Waals surface area contributed by atoms with Gasteiger partial charge in [-0.3, -0.25) is 0 Å². The molecule has 0 radical (unpaired) electrons. The van der Waals surface area contributed by atoms with Gasteiger partial charge >= 0.3 is 0 Å². The summed E-state index contributed by atoms with van der Waals surface area (Å²) in [6, 6.07) is 0. The zero-order chi connectivity index (χ0) is 11.6. The van der Waals surface area contributed by atoms with Crippen LogP contribution in [0.2, 0.25) is 5.31 Å². The fourth-order valence-corrected chi connectivity index (χ4v) is 2.19. The lowest BCUT2D eigenvalue weighted by Gasteiger charge is -2.24. The normalized spacial score (nSPS) is 11.9. The van der Waals surface area contributed by atoms with Crippen LogP contribution in [0, 0.1) is 0 Å². The van der Waals surface area contributed by atoms with E-state index in [1.165, 1.54) is 64.2 Å². The van der Waals surface area contributed by atoms with Gasteiger partial charge in [0.05, 0.1) is 0 Å². The smallest absolute Gasteiger partial charge is 0.0669 e. The van der Waals surface area contributed by atoms with Crippen LogP contribution in [-0.2, 0) is 0 Å². The number of unbranched alkanes of at least 4 members (excludes halogenated alkanes) is 6. The minimum absolute atomic E-state index is 0.599. The summed E-state index contributed by atoms with van der Waals surface area (Å²) in [7, 11) is 2.45. The van der Waals surface area contributed by atoms with Gasteiger partial charge in [0.1, 0.15) is 7.85 Å². The van der Waals surface area contributed by atoms with E-state index in [0.717, 1.165) is 0 Å². The molecule has 0 aromatic heterocycles. The van der Waals surface area contributed by atoms with Gasteiger partial charge in [-0.05, 0) is 0 Å². The second kappa shape index (κ2) is 9.30. The van der Waals surface area contributed by atoms with Gasteiger partial charge in [0.2, 0.25) is 0 Å². The molecule has 0 rings (SSSR count). The van der Waals surface area contributed by atoms with Gasteiger partial charge in [-0.25, -0.2) is 0 Å². The third-order valence-electron chi connectivity index (χ3n) is 3.41. The van der Waals surface area contributed by atoms with Crippen molar-refractivity contribution in [1.82, 2.24) is 0 Å². The molecule has 0 spiro atoms. The van der Waals surface area contributed by atoms with E-state index in [2.05, 4.69) is 28.6 Å². The third kappa shape index (κ3) is 10.3. The van der Waals surface area contributed by atoms with Gasteiger partial charge < -0.3 is 0 Å². The zero-order valence-corrected chi connectivity index (χ0v) is 11.6. The summed E-state index contributed by atoms with van der Waals surface area (Å²) in [5.74, 6) is 0. The van der Waals surface area contributed by atoms with Crippen molar-refractivity contribution in [1.29, 1.82) is 0 Å². The topological polar surface area (TPSA) is 0 Å². The highest BCUT2D eigenvalue weighted by molar-refractivity contribution is 6.14. The molecule has 0 fully saturated rings. The van der Waals surface area contributed by atoms with Crippen LogP contribution in [0.5, 0.6) is 0 Å². The molecule has 0 saturated heterocycles. The zero-order valence-electron chi connectivity index (χ0n) is 11.6. The van der Waals surface area contributed by atoms with Gasteiger partial charge in [-0.15, -0.1) is 0 Å².